The predicted molar refractivity (Wildman–Crippen MR) is 107 cm³/mol. The fourth-order valence-corrected chi connectivity index (χ4v) is 4.20. The molecule has 0 amide bonds. The standard InChI is InChI=1S/C23H25NO4/c1-15-6-5-11-24(13-15)14-18-19(25)10-9-17-22(26)21(28-23(17)18)12-16-7-3-4-8-20(16)27-2/h3-4,7-10,12,15,25H,5-6,11,13-14H2,1-2H3/p+1/b21-12-/t15-/m1/s1. The third kappa shape index (κ3) is 3.50. The Morgan fingerprint density at radius 3 is 2.89 bits per heavy atom. The lowest BCUT2D eigenvalue weighted by Gasteiger charge is -2.28. The van der Waals surface area contributed by atoms with Crippen LogP contribution in [0.2, 0.25) is 0 Å². The zero-order valence-electron chi connectivity index (χ0n) is 16.3. The minimum Gasteiger partial charge on any atom is -0.507 e. The minimum atomic E-state index is -0.163. The second-order valence-corrected chi connectivity index (χ2v) is 7.75. The second-order valence-electron chi connectivity index (χ2n) is 7.75. The number of Topliss-reactive ketones (excluding diaryl/α,β-unsaturated/α-hetero) is 1. The van der Waals surface area contributed by atoms with Gasteiger partial charge in [-0.3, -0.25) is 4.79 Å². The molecule has 1 saturated heterocycles. The van der Waals surface area contributed by atoms with Crippen molar-refractivity contribution in [2.45, 2.75) is 26.3 Å². The zero-order chi connectivity index (χ0) is 19.7. The Balaban J connectivity index is 1.66. The highest BCUT2D eigenvalue weighted by molar-refractivity contribution is 6.15. The van der Waals surface area contributed by atoms with Gasteiger partial charge >= 0.3 is 0 Å². The van der Waals surface area contributed by atoms with Gasteiger partial charge in [-0.1, -0.05) is 25.1 Å². The first kappa shape index (κ1) is 18.6. The van der Waals surface area contributed by atoms with Gasteiger partial charge in [0.2, 0.25) is 5.78 Å². The van der Waals surface area contributed by atoms with Crippen molar-refractivity contribution >= 4 is 11.9 Å². The fourth-order valence-electron chi connectivity index (χ4n) is 4.20. The third-order valence-electron chi connectivity index (χ3n) is 5.63. The molecule has 2 aliphatic heterocycles. The number of likely N-dealkylation sites (tertiary alicyclic amines) is 1. The van der Waals surface area contributed by atoms with Crippen LogP contribution in [-0.4, -0.2) is 31.1 Å². The Kier molecular flexibility index (Phi) is 5.09. The summed E-state index contributed by atoms with van der Waals surface area (Å²) in [6, 6.07) is 10.7. The lowest BCUT2D eigenvalue weighted by Crippen LogP contribution is -3.12. The van der Waals surface area contributed by atoms with Gasteiger partial charge in [0.15, 0.2) is 11.5 Å². The first-order valence-corrected chi connectivity index (χ1v) is 9.82. The number of phenolic OH excluding ortho intramolecular Hbond substituents is 1. The molecule has 0 aliphatic carbocycles. The molecule has 4 rings (SSSR count). The average Bonchev–Trinajstić information content (AvgIpc) is 3.00. The number of phenols is 1. The SMILES string of the molecule is COc1ccccc1/C=C1\Oc2c(ccc(O)c2C[NH+]2CCC[C@@H](C)C2)C1=O. The number of quaternary nitrogens is 1. The molecular weight excluding hydrogens is 354 g/mol. The van der Waals surface area contributed by atoms with E-state index in [0.29, 0.717) is 29.5 Å². The maximum absolute atomic E-state index is 12.9. The molecule has 2 aliphatic rings. The largest absolute Gasteiger partial charge is 0.507 e. The van der Waals surface area contributed by atoms with Crippen LogP contribution in [0.25, 0.3) is 6.08 Å². The number of fused-ring (bicyclic) bond motifs is 1. The molecule has 1 unspecified atom stereocenters. The van der Waals surface area contributed by atoms with Gasteiger partial charge in [0.05, 0.1) is 31.3 Å². The van der Waals surface area contributed by atoms with Gasteiger partial charge in [0, 0.05) is 11.5 Å². The maximum atomic E-state index is 12.9. The fraction of sp³-hybridized carbons (Fsp3) is 0.348. The molecule has 2 aromatic rings. The number of benzene rings is 2. The number of allylic oxidation sites excluding steroid dienone is 1. The van der Waals surface area contributed by atoms with Gasteiger partial charge in [-0.15, -0.1) is 0 Å². The van der Waals surface area contributed by atoms with Crippen LogP contribution in [-0.2, 0) is 6.54 Å². The van der Waals surface area contributed by atoms with E-state index >= 15 is 0 Å². The number of piperidine rings is 1. The number of aromatic hydroxyl groups is 1. The summed E-state index contributed by atoms with van der Waals surface area (Å²) in [5, 5.41) is 10.5. The third-order valence-corrected chi connectivity index (χ3v) is 5.63. The van der Waals surface area contributed by atoms with Crippen LogP contribution in [0.1, 0.15) is 41.3 Å². The lowest BCUT2D eigenvalue weighted by atomic mass is 9.99. The van der Waals surface area contributed by atoms with E-state index in [9.17, 15) is 9.90 Å². The van der Waals surface area contributed by atoms with Crippen molar-refractivity contribution in [3.63, 3.8) is 0 Å². The van der Waals surface area contributed by atoms with Crippen molar-refractivity contribution in [2.75, 3.05) is 20.2 Å². The van der Waals surface area contributed by atoms with Crippen LogP contribution in [0.5, 0.6) is 17.2 Å². The van der Waals surface area contributed by atoms with Gasteiger partial charge < -0.3 is 19.5 Å². The number of hydrogen-bond donors (Lipinski definition) is 2. The summed E-state index contributed by atoms with van der Waals surface area (Å²) in [4.78, 5) is 14.3. The molecule has 2 heterocycles. The van der Waals surface area contributed by atoms with Gasteiger partial charge in [0.1, 0.15) is 18.0 Å². The van der Waals surface area contributed by atoms with Crippen molar-refractivity contribution in [1.82, 2.24) is 0 Å². The minimum absolute atomic E-state index is 0.163. The number of para-hydroxylation sites is 1. The highest BCUT2D eigenvalue weighted by Gasteiger charge is 2.33. The van der Waals surface area contributed by atoms with E-state index in [4.69, 9.17) is 9.47 Å². The number of methoxy groups -OCH3 is 1. The Labute approximate surface area is 165 Å². The molecule has 0 radical (unpaired) electrons. The molecule has 0 spiro atoms. The van der Waals surface area contributed by atoms with Gasteiger partial charge in [-0.25, -0.2) is 0 Å². The molecule has 28 heavy (non-hydrogen) atoms. The topological polar surface area (TPSA) is 60.2 Å². The van der Waals surface area contributed by atoms with Gasteiger partial charge in [-0.2, -0.15) is 0 Å². The Morgan fingerprint density at radius 1 is 1.29 bits per heavy atom. The first-order valence-electron chi connectivity index (χ1n) is 9.82. The van der Waals surface area contributed by atoms with E-state index < -0.39 is 0 Å². The van der Waals surface area contributed by atoms with Gasteiger partial charge in [-0.05, 0) is 37.1 Å². The Hall–Kier alpha value is -2.79. The molecule has 1 fully saturated rings. The highest BCUT2D eigenvalue weighted by Crippen LogP contribution is 2.39. The molecular formula is C23H26NO4+. The molecule has 5 heteroatoms. The molecule has 2 atom stereocenters. The quantitative estimate of drug-likeness (QED) is 0.801. The number of carbonyl (C=O) groups excluding carboxylic acids is 1. The summed E-state index contributed by atoms with van der Waals surface area (Å²) in [6.07, 6.45) is 4.14. The molecule has 146 valence electrons. The summed E-state index contributed by atoms with van der Waals surface area (Å²) >= 11 is 0. The van der Waals surface area contributed by atoms with Crippen LogP contribution in [0.3, 0.4) is 0 Å². The summed E-state index contributed by atoms with van der Waals surface area (Å²) in [6.45, 7) is 5.07. The van der Waals surface area contributed by atoms with Gasteiger partial charge in [0.25, 0.3) is 0 Å². The van der Waals surface area contributed by atoms with Crippen molar-refractivity contribution in [3.05, 3.63) is 58.8 Å². The molecule has 0 bridgehead atoms. The van der Waals surface area contributed by atoms with E-state index in [2.05, 4.69) is 6.92 Å². The normalized spacial score (nSPS) is 22.8. The predicted octanol–water partition coefficient (Wildman–Crippen LogP) is 2.83. The van der Waals surface area contributed by atoms with E-state index in [1.807, 2.05) is 24.3 Å². The molecule has 2 N–H and O–H groups in total. The number of ketones is 1. The summed E-state index contributed by atoms with van der Waals surface area (Å²) in [7, 11) is 1.60. The monoisotopic (exact) mass is 380 g/mol. The Bertz CT molecular complexity index is 934. The van der Waals surface area contributed by atoms with Crippen molar-refractivity contribution in [3.8, 4) is 17.2 Å². The maximum Gasteiger partial charge on any atom is 0.231 e. The molecule has 5 nitrogen and oxygen atoms in total. The summed E-state index contributed by atoms with van der Waals surface area (Å²) < 4.78 is 11.4. The van der Waals surface area contributed by atoms with E-state index in [-0.39, 0.29) is 17.3 Å². The average molecular weight is 380 g/mol. The number of carbonyl (C=O) groups is 1. The first-order chi connectivity index (χ1) is 13.6. The molecule has 0 saturated carbocycles. The van der Waals surface area contributed by atoms with Crippen molar-refractivity contribution in [2.24, 2.45) is 5.92 Å². The van der Waals surface area contributed by atoms with Crippen molar-refractivity contribution < 1.29 is 24.3 Å². The number of hydrogen-bond acceptors (Lipinski definition) is 4. The number of nitrogens with one attached hydrogen (secondary N) is 1. The van der Waals surface area contributed by atoms with E-state index in [1.165, 1.54) is 17.7 Å². The highest BCUT2D eigenvalue weighted by atomic mass is 16.5. The zero-order valence-corrected chi connectivity index (χ0v) is 16.3. The lowest BCUT2D eigenvalue weighted by molar-refractivity contribution is -0.922. The molecule has 0 aromatic heterocycles. The molecule has 2 aromatic carbocycles. The number of rotatable bonds is 4. The summed E-state index contributed by atoms with van der Waals surface area (Å²) in [5.41, 5.74) is 2.01. The van der Waals surface area contributed by atoms with E-state index in [0.717, 1.165) is 24.2 Å². The number of ether oxygens (including phenoxy) is 2. The van der Waals surface area contributed by atoms with Crippen molar-refractivity contribution in [1.29, 1.82) is 0 Å². The van der Waals surface area contributed by atoms with Crippen LogP contribution >= 0.6 is 0 Å². The van der Waals surface area contributed by atoms with Crippen LogP contribution in [0, 0.1) is 5.92 Å². The van der Waals surface area contributed by atoms with Crippen LogP contribution in [0.15, 0.2) is 42.2 Å². The second kappa shape index (κ2) is 7.68. The Morgan fingerprint density at radius 2 is 2.11 bits per heavy atom. The smallest absolute Gasteiger partial charge is 0.231 e. The summed E-state index contributed by atoms with van der Waals surface area (Å²) in [5.74, 6) is 2.13. The van der Waals surface area contributed by atoms with Crippen LogP contribution < -0.4 is 14.4 Å². The van der Waals surface area contributed by atoms with Crippen LogP contribution in [0.4, 0.5) is 0 Å². The van der Waals surface area contributed by atoms with E-state index in [1.54, 1.807) is 25.3 Å².